The molecular formula is C19H19N3O4. The van der Waals surface area contributed by atoms with Gasteiger partial charge in [0.25, 0.3) is 5.69 Å². The summed E-state index contributed by atoms with van der Waals surface area (Å²) in [5, 5.41) is 10.9. The molecule has 4 rings (SSSR count). The number of methoxy groups -OCH3 is 1. The third-order valence-electron chi connectivity index (χ3n) is 5.13. The van der Waals surface area contributed by atoms with Gasteiger partial charge in [0.15, 0.2) is 0 Å². The molecule has 0 saturated carbocycles. The number of ether oxygens (including phenoxy) is 1. The zero-order valence-corrected chi connectivity index (χ0v) is 14.4. The molecule has 0 N–H and O–H groups in total. The van der Waals surface area contributed by atoms with E-state index in [0.29, 0.717) is 0 Å². The third kappa shape index (κ3) is 2.61. The monoisotopic (exact) mass is 353 g/mol. The van der Waals surface area contributed by atoms with E-state index in [1.54, 1.807) is 24.1 Å². The van der Waals surface area contributed by atoms with Gasteiger partial charge in [-0.3, -0.25) is 24.7 Å². The van der Waals surface area contributed by atoms with E-state index in [1.807, 2.05) is 24.3 Å². The molecule has 2 fully saturated rings. The lowest BCUT2D eigenvalue weighted by molar-refractivity contribution is -0.384. The van der Waals surface area contributed by atoms with Gasteiger partial charge in [0.05, 0.1) is 18.1 Å². The number of benzene rings is 2. The molecule has 0 unspecified atom stereocenters. The first-order valence-corrected chi connectivity index (χ1v) is 8.57. The van der Waals surface area contributed by atoms with Crippen LogP contribution >= 0.6 is 0 Å². The average molecular weight is 353 g/mol. The number of carbonyl (C=O) groups excluding carboxylic acids is 1. The van der Waals surface area contributed by atoms with Crippen molar-refractivity contribution < 1.29 is 14.5 Å². The Hall–Kier alpha value is -2.93. The minimum Gasteiger partial charge on any atom is -0.497 e. The van der Waals surface area contributed by atoms with Gasteiger partial charge in [0, 0.05) is 24.4 Å². The second-order valence-electron chi connectivity index (χ2n) is 6.52. The van der Waals surface area contributed by atoms with E-state index in [-0.39, 0.29) is 23.8 Å². The number of amides is 1. The third-order valence-corrected chi connectivity index (χ3v) is 5.13. The predicted molar refractivity (Wildman–Crippen MR) is 96.0 cm³/mol. The van der Waals surface area contributed by atoms with Crippen molar-refractivity contribution in [3.8, 4) is 5.75 Å². The maximum Gasteiger partial charge on any atom is 0.269 e. The number of hydrogen-bond acceptors (Lipinski definition) is 5. The van der Waals surface area contributed by atoms with Crippen molar-refractivity contribution in [2.24, 2.45) is 0 Å². The molecular weight excluding hydrogens is 334 g/mol. The van der Waals surface area contributed by atoms with Crippen molar-refractivity contribution in [2.45, 2.75) is 25.0 Å². The number of hydrogen-bond donors (Lipinski definition) is 0. The largest absolute Gasteiger partial charge is 0.497 e. The van der Waals surface area contributed by atoms with Crippen molar-refractivity contribution in [2.75, 3.05) is 18.6 Å². The Morgan fingerprint density at radius 1 is 1.12 bits per heavy atom. The van der Waals surface area contributed by atoms with E-state index >= 15 is 0 Å². The minimum atomic E-state index is -0.413. The van der Waals surface area contributed by atoms with E-state index in [4.69, 9.17) is 4.74 Å². The molecule has 0 aliphatic carbocycles. The van der Waals surface area contributed by atoms with Gasteiger partial charge in [-0.25, -0.2) is 0 Å². The summed E-state index contributed by atoms with van der Waals surface area (Å²) in [6.07, 6.45) is 1.58. The summed E-state index contributed by atoms with van der Waals surface area (Å²) >= 11 is 0. The summed E-state index contributed by atoms with van der Waals surface area (Å²) in [5.41, 5.74) is 1.73. The van der Waals surface area contributed by atoms with Crippen LogP contribution in [-0.2, 0) is 4.79 Å². The highest BCUT2D eigenvalue weighted by molar-refractivity contribution is 6.00. The van der Waals surface area contributed by atoms with Crippen LogP contribution in [0, 0.1) is 10.1 Å². The lowest BCUT2D eigenvalue weighted by atomic mass is 10.1. The summed E-state index contributed by atoms with van der Waals surface area (Å²) in [6, 6.07) is 13.8. The zero-order chi connectivity index (χ0) is 18.3. The molecule has 2 aromatic carbocycles. The summed E-state index contributed by atoms with van der Waals surface area (Å²) in [5.74, 6) is 0.809. The molecule has 0 bridgehead atoms. The van der Waals surface area contributed by atoms with Crippen molar-refractivity contribution in [3.05, 3.63) is 64.2 Å². The van der Waals surface area contributed by atoms with Crippen LogP contribution in [0.25, 0.3) is 0 Å². The highest BCUT2D eigenvalue weighted by Gasteiger charge is 2.49. The van der Waals surface area contributed by atoms with Gasteiger partial charge in [-0.15, -0.1) is 0 Å². The van der Waals surface area contributed by atoms with Crippen molar-refractivity contribution in [1.29, 1.82) is 0 Å². The van der Waals surface area contributed by atoms with Gasteiger partial charge >= 0.3 is 0 Å². The van der Waals surface area contributed by atoms with E-state index in [9.17, 15) is 14.9 Å². The predicted octanol–water partition coefficient (Wildman–Crippen LogP) is 3.11. The Labute approximate surface area is 150 Å². The summed E-state index contributed by atoms with van der Waals surface area (Å²) < 4.78 is 5.20. The Morgan fingerprint density at radius 3 is 2.42 bits per heavy atom. The quantitative estimate of drug-likeness (QED) is 0.623. The maximum absolute atomic E-state index is 13.0. The van der Waals surface area contributed by atoms with Gasteiger partial charge in [-0.05, 0) is 54.8 Å². The first-order valence-electron chi connectivity index (χ1n) is 8.57. The first-order chi connectivity index (χ1) is 12.6. The molecule has 2 aromatic rings. The summed E-state index contributed by atoms with van der Waals surface area (Å²) in [6.45, 7) is 0.838. The van der Waals surface area contributed by atoms with Gasteiger partial charge in [-0.1, -0.05) is 0 Å². The number of fused-ring (bicyclic) bond motifs is 1. The standard InChI is InChI=1S/C19H19N3O4/c1-26-16-10-8-14(9-11-16)21-18(20-12-2-3-17(20)19(21)23)13-4-6-15(7-5-13)22(24)25/h4-11,17-18H,2-3,12H2,1H3/t17-,18-/m1/s1. The molecule has 0 aromatic heterocycles. The molecule has 2 saturated heterocycles. The number of anilines is 1. The number of nitro groups is 1. The van der Waals surface area contributed by atoms with Gasteiger partial charge in [0.2, 0.25) is 5.91 Å². The van der Waals surface area contributed by atoms with E-state index in [2.05, 4.69) is 4.90 Å². The molecule has 0 spiro atoms. The fraction of sp³-hybridized carbons (Fsp3) is 0.316. The van der Waals surface area contributed by atoms with E-state index < -0.39 is 4.92 Å². The number of non-ortho nitro benzene ring substituents is 1. The molecule has 0 radical (unpaired) electrons. The molecule has 26 heavy (non-hydrogen) atoms. The van der Waals surface area contributed by atoms with Gasteiger partial charge < -0.3 is 4.74 Å². The molecule has 2 heterocycles. The van der Waals surface area contributed by atoms with Crippen LogP contribution in [0.4, 0.5) is 11.4 Å². The number of rotatable bonds is 4. The van der Waals surface area contributed by atoms with Crippen molar-refractivity contribution >= 4 is 17.3 Å². The number of nitro benzene ring substituents is 1. The SMILES string of the molecule is COc1ccc(N2C(=O)[C@H]3CCCN3[C@H]2c2ccc([N+](=O)[O-])cc2)cc1. The van der Waals surface area contributed by atoms with Crippen molar-refractivity contribution in [3.63, 3.8) is 0 Å². The smallest absolute Gasteiger partial charge is 0.269 e. The maximum atomic E-state index is 13.0. The first kappa shape index (κ1) is 16.5. The Bertz CT molecular complexity index is 835. The van der Waals surface area contributed by atoms with Crippen LogP contribution in [0.3, 0.4) is 0 Å². The Kier molecular flexibility index (Phi) is 4.08. The van der Waals surface area contributed by atoms with Crippen LogP contribution in [0.5, 0.6) is 5.75 Å². The molecule has 7 nitrogen and oxygen atoms in total. The molecule has 2 aliphatic rings. The minimum absolute atomic E-state index is 0.0482. The number of carbonyl (C=O) groups is 1. The summed E-state index contributed by atoms with van der Waals surface area (Å²) in [7, 11) is 1.60. The average Bonchev–Trinajstić information content (AvgIpc) is 3.24. The molecule has 2 atom stereocenters. The van der Waals surface area contributed by atoms with Gasteiger partial charge in [-0.2, -0.15) is 0 Å². The molecule has 2 aliphatic heterocycles. The van der Waals surface area contributed by atoms with Crippen LogP contribution < -0.4 is 9.64 Å². The molecule has 134 valence electrons. The fourth-order valence-corrected chi connectivity index (χ4v) is 3.90. The van der Waals surface area contributed by atoms with Gasteiger partial charge in [0.1, 0.15) is 11.9 Å². The fourth-order valence-electron chi connectivity index (χ4n) is 3.90. The topological polar surface area (TPSA) is 75.9 Å². The highest BCUT2D eigenvalue weighted by Crippen LogP contribution is 2.42. The van der Waals surface area contributed by atoms with E-state index in [0.717, 1.165) is 36.4 Å². The van der Waals surface area contributed by atoms with Crippen LogP contribution in [0.2, 0.25) is 0 Å². The van der Waals surface area contributed by atoms with Crippen LogP contribution in [0.1, 0.15) is 24.6 Å². The number of nitrogens with zero attached hydrogens (tertiary/aromatic N) is 3. The molecule has 1 amide bonds. The highest BCUT2D eigenvalue weighted by atomic mass is 16.6. The van der Waals surface area contributed by atoms with E-state index in [1.165, 1.54) is 12.1 Å². The second-order valence-corrected chi connectivity index (χ2v) is 6.52. The summed E-state index contributed by atoms with van der Waals surface area (Å²) in [4.78, 5) is 27.5. The normalized spacial score (nSPS) is 22.5. The van der Waals surface area contributed by atoms with Crippen LogP contribution in [0.15, 0.2) is 48.5 Å². The zero-order valence-electron chi connectivity index (χ0n) is 14.4. The molecule has 7 heteroatoms. The van der Waals surface area contributed by atoms with Crippen LogP contribution in [-0.4, -0.2) is 35.4 Å². The van der Waals surface area contributed by atoms with Crippen molar-refractivity contribution in [1.82, 2.24) is 4.90 Å². The Morgan fingerprint density at radius 2 is 1.81 bits per heavy atom. The Balaban J connectivity index is 1.74. The lowest BCUT2D eigenvalue weighted by Gasteiger charge is -2.29. The second kappa shape index (κ2) is 6.42. The lowest BCUT2D eigenvalue weighted by Crippen LogP contribution is -2.32.